The van der Waals surface area contributed by atoms with Crippen molar-refractivity contribution in [1.29, 1.82) is 0 Å². The predicted octanol–water partition coefficient (Wildman–Crippen LogP) is 4.34. The number of nitrogens with one attached hydrogen (secondary N) is 2. The van der Waals surface area contributed by atoms with E-state index in [1.165, 1.54) is 44.2 Å². The van der Waals surface area contributed by atoms with Crippen molar-refractivity contribution in [2.75, 3.05) is 12.1 Å². The molecule has 5 fully saturated rings. The predicted molar refractivity (Wildman–Crippen MR) is 152 cm³/mol. The first-order valence-corrected chi connectivity index (χ1v) is 14.8. The number of nitro benzene ring substituents is 2. The molecule has 14 heteroatoms. The average Bonchev–Trinajstić information content (AvgIpc) is 3.51. The lowest BCUT2D eigenvalue weighted by Crippen LogP contribution is -2.76. The van der Waals surface area contributed by atoms with Crippen molar-refractivity contribution < 1.29 is 14.6 Å². The third-order valence-electron chi connectivity index (χ3n) is 9.80. The Morgan fingerprint density at radius 2 is 1.71 bits per heavy atom. The normalized spacial score (nSPS) is 34.2. The first kappa shape index (κ1) is 24.9. The molecular formula is C27H28N8O5S. The average molecular weight is 577 g/mol. The smallest absolute Gasteiger partial charge is 0.301 e. The number of hydrogen-bond acceptors (Lipinski definition) is 12. The van der Waals surface area contributed by atoms with E-state index in [0.717, 1.165) is 34.5 Å². The van der Waals surface area contributed by atoms with E-state index in [0.29, 0.717) is 17.6 Å². The fraction of sp³-hybridized carbons (Fsp3) is 0.481. The van der Waals surface area contributed by atoms with Crippen molar-refractivity contribution in [3.8, 4) is 5.75 Å². The summed E-state index contributed by atoms with van der Waals surface area (Å²) in [5.74, 6) is 3.94. The molecule has 2 aromatic rings. The Morgan fingerprint density at radius 1 is 1.00 bits per heavy atom. The van der Waals surface area contributed by atoms with Crippen LogP contribution in [-0.4, -0.2) is 43.9 Å². The molecule has 1 spiro atoms. The number of ether oxygens (including phenoxy) is 1. The molecule has 9 rings (SSSR count). The fourth-order valence-corrected chi connectivity index (χ4v) is 9.39. The van der Waals surface area contributed by atoms with Gasteiger partial charge in [0.15, 0.2) is 5.84 Å². The van der Waals surface area contributed by atoms with E-state index in [-0.39, 0.29) is 28.0 Å². The minimum absolute atomic E-state index is 0.196. The Kier molecular flexibility index (Phi) is 5.33. The van der Waals surface area contributed by atoms with Crippen LogP contribution in [0, 0.1) is 43.9 Å². The number of methoxy groups -OCH3 is 1. The van der Waals surface area contributed by atoms with Crippen molar-refractivity contribution >= 4 is 39.8 Å². The lowest BCUT2D eigenvalue weighted by Gasteiger charge is -2.62. The minimum atomic E-state index is -0.629. The number of amidine groups is 2. The molecule has 0 aromatic heterocycles. The van der Waals surface area contributed by atoms with E-state index in [1.54, 1.807) is 23.9 Å². The summed E-state index contributed by atoms with van der Waals surface area (Å²) in [4.78, 5) is 22.3. The molecule has 4 saturated carbocycles. The van der Waals surface area contributed by atoms with Crippen LogP contribution >= 0.6 is 11.8 Å². The van der Waals surface area contributed by atoms with Crippen molar-refractivity contribution in [2.24, 2.45) is 33.9 Å². The third-order valence-corrected chi connectivity index (χ3v) is 11.0. The number of hydrazone groups is 2. The molecule has 0 amide bonds. The molecule has 0 radical (unpaired) electrons. The molecule has 7 aliphatic rings. The number of hydrazine groups is 1. The number of rotatable bonds is 5. The number of nitro groups is 2. The van der Waals surface area contributed by atoms with Gasteiger partial charge in [-0.15, -0.1) is 0 Å². The fourth-order valence-electron chi connectivity index (χ4n) is 8.16. The van der Waals surface area contributed by atoms with Crippen LogP contribution in [0.5, 0.6) is 5.75 Å². The van der Waals surface area contributed by atoms with Crippen molar-refractivity contribution in [2.45, 2.75) is 49.1 Å². The van der Waals surface area contributed by atoms with E-state index < -0.39 is 15.9 Å². The van der Waals surface area contributed by atoms with Gasteiger partial charge in [-0.2, -0.15) is 15.6 Å². The zero-order valence-corrected chi connectivity index (χ0v) is 23.0. The topological polar surface area (TPSA) is 151 Å². The van der Waals surface area contributed by atoms with Gasteiger partial charge < -0.3 is 4.74 Å². The number of fused-ring (bicyclic) bond motifs is 3. The quantitative estimate of drug-likeness (QED) is 0.389. The van der Waals surface area contributed by atoms with Crippen LogP contribution in [0.25, 0.3) is 0 Å². The van der Waals surface area contributed by atoms with Crippen molar-refractivity contribution in [1.82, 2.24) is 15.9 Å². The molecule has 41 heavy (non-hydrogen) atoms. The zero-order valence-electron chi connectivity index (χ0n) is 22.2. The summed E-state index contributed by atoms with van der Waals surface area (Å²) in [6.45, 7) is 0. The maximum atomic E-state index is 12.1. The van der Waals surface area contributed by atoms with E-state index in [1.807, 2.05) is 29.3 Å². The molecule has 4 aliphatic carbocycles. The van der Waals surface area contributed by atoms with Crippen LogP contribution in [0.15, 0.2) is 52.7 Å². The second-order valence-electron chi connectivity index (χ2n) is 11.9. The van der Waals surface area contributed by atoms with Crippen LogP contribution in [0.4, 0.5) is 17.1 Å². The minimum Gasteiger partial charge on any atom is -0.497 e. The van der Waals surface area contributed by atoms with Gasteiger partial charge in [-0.25, -0.2) is 10.0 Å². The molecule has 3 aliphatic heterocycles. The monoisotopic (exact) mass is 576 g/mol. The summed E-state index contributed by atoms with van der Waals surface area (Å²) in [7, 11) is 1.60. The van der Waals surface area contributed by atoms with Crippen LogP contribution in [0.3, 0.4) is 0 Å². The Hall–Kier alpha value is -3.91. The Balaban J connectivity index is 1.21. The summed E-state index contributed by atoms with van der Waals surface area (Å²) in [5.41, 5.74) is 7.44. The number of benzene rings is 2. The Bertz CT molecular complexity index is 1500. The summed E-state index contributed by atoms with van der Waals surface area (Å²) in [6.07, 6.45) is 6.09. The number of anilines is 1. The van der Waals surface area contributed by atoms with Gasteiger partial charge >= 0.3 is 5.69 Å². The van der Waals surface area contributed by atoms with Crippen LogP contribution < -0.4 is 20.6 Å². The third kappa shape index (κ3) is 3.59. The maximum absolute atomic E-state index is 12.1. The molecule has 2 aromatic carbocycles. The van der Waals surface area contributed by atoms with E-state index in [9.17, 15) is 20.2 Å². The second-order valence-corrected chi connectivity index (χ2v) is 13.0. The van der Waals surface area contributed by atoms with Gasteiger partial charge in [0.2, 0.25) is 5.17 Å². The van der Waals surface area contributed by atoms with Gasteiger partial charge in [0.25, 0.3) is 5.69 Å². The van der Waals surface area contributed by atoms with Crippen LogP contribution in [0.1, 0.15) is 43.7 Å². The highest BCUT2D eigenvalue weighted by Crippen LogP contribution is 2.59. The summed E-state index contributed by atoms with van der Waals surface area (Å²) in [5, 5.41) is 37.6. The van der Waals surface area contributed by atoms with Crippen LogP contribution in [-0.2, 0) is 0 Å². The molecule has 1 saturated heterocycles. The zero-order chi connectivity index (χ0) is 28.0. The van der Waals surface area contributed by atoms with Gasteiger partial charge in [0.05, 0.1) is 29.1 Å². The first-order chi connectivity index (χ1) is 19.8. The molecule has 3 heterocycles. The number of hydrogen-bond donors (Lipinski definition) is 2. The largest absolute Gasteiger partial charge is 0.497 e. The second kappa shape index (κ2) is 8.79. The number of nitrogens with zero attached hydrogens (tertiary/aromatic N) is 6. The van der Waals surface area contributed by atoms with Crippen molar-refractivity contribution in [3.63, 3.8) is 0 Å². The highest BCUT2D eigenvalue weighted by Gasteiger charge is 2.62. The van der Waals surface area contributed by atoms with Crippen LogP contribution in [0.2, 0.25) is 0 Å². The highest BCUT2D eigenvalue weighted by atomic mass is 32.2. The molecule has 212 valence electrons. The lowest BCUT2D eigenvalue weighted by atomic mass is 9.51. The van der Waals surface area contributed by atoms with Gasteiger partial charge in [0, 0.05) is 6.07 Å². The number of non-ortho nitro benzene ring substituents is 1. The first-order valence-electron chi connectivity index (χ1n) is 13.9. The molecule has 13 nitrogen and oxygen atoms in total. The Morgan fingerprint density at radius 3 is 2.34 bits per heavy atom. The summed E-state index contributed by atoms with van der Waals surface area (Å²) >= 11 is 1.55. The standard InChI is InChI=1S/C27H28N8O5S/c1-40-20-5-2-16(3-6-20)23-24-25(29-32(23)21-7-4-19(34(36)37)13-22(21)35(38)39)33-26(41-24)28-30-27(31-33)17-9-14-8-15(11-17)12-18(27)10-14/h2-7,13-15,17-18,23-24,30-31H,8-12H2,1H3. The van der Waals surface area contributed by atoms with E-state index in [4.69, 9.17) is 14.9 Å². The SMILES string of the molecule is COc1ccc(C2C3SC4=NNC5(NN4C3=NN2c2ccc([N+](=O)[O-])cc2[N+](=O)[O-])C2CC3CC(C2)CC5C3)cc1. The van der Waals surface area contributed by atoms with Crippen molar-refractivity contribution in [3.05, 3.63) is 68.3 Å². The summed E-state index contributed by atoms with van der Waals surface area (Å²) < 4.78 is 5.36. The molecule has 4 bridgehead atoms. The molecular weight excluding hydrogens is 548 g/mol. The van der Waals surface area contributed by atoms with Gasteiger partial charge in [-0.1, -0.05) is 23.9 Å². The molecule has 2 unspecified atom stereocenters. The van der Waals surface area contributed by atoms with E-state index in [2.05, 4.69) is 10.9 Å². The van der Waals surface area contributed by atoms with Gasteiger partial charge in [0.1, 0.15) is 22.3 Å². The summed E-state index contributed by atoms with van der Waals surface area (Å²) in [6, 6.07) is 10.8. The molecule has 2 N–H and O–H groups in total. The van der Waals surface area contributed by atoms with E-state index >= 15 is 0 Å². The molecule has 2 atom stereocenters. The maximum Gasteiger partial charge on any atom is 0.301 e. The highest BCUT2D eigenvalue weighted by molar-refractivity contribution is 8.15. The Labute approximate surface area is 239 Å². The number of thioether (sulfide) groups is 1. The lowest BCUT2D eigenvalue weighted by molar-refractivity contribution is -0.393. The van der Waals surface area contributed by atoms with Gasteiger partial charge in [-0.05, 0) is 79.5 Å². The van der Waals surface area contributed by atoms with Gasteiger partial charge in [-0.3, -0.25) is 25.7 Å².